The van der Waals surface area contributed by atoms with Gasteiger partial charge in [-0.2, -0.15) is 15.0 Å². The zero-order chi connectivity index (χ0) is 32.4. The van der Waals surface area contributed by atoms with E-state index in [4.69, 9.17) is 40.5 Å². The van der Waals surface area contributed by atoms with Crippen LogP contribution in [0.2, 0.25) is 0 Å². The maximum atomic E-state index is 14.2. The van der Waals surface area contributed by atoms with Gasteiger partial charge in [-0.05, 0) is 6.07 Å². The summed E-state index contributed by atoms with van der Waals surface area (Å²) in [6, 6.07) is 1.44. The molecule has 6 rings (SSSR count). The molecule has 252 valence electrons. The number of nitrogen functional groups attached to an aromatic ring is 3. The number of imidazole rings is 1. The van der Waals surface area contributed by atoms with Crippen molar-refractivity contribution in [3.05, 3.63) is 29.1 Å². The maximum absolute atomic E-state index is 14.2. The van der Waals surface area contributed by atoms with Gasteiger partial charge in [-0.25, -0.2) is 19.4 Å². The molecule has 3 aliphatic heterocycles. The lowest BCUT2D eigenvalue weighted by atomic mass is 10.2. The number of hydrogen-bond donors (Lipinski definition) is 6. The first-order valence-electron chi connectivity index (χ1n) is 14.8. The van der Waals surface area contributed by atoms with Crippen LogP contribution < -0.4 is 28.0 Å². The van der Waals surface area contributed by atoms with Crippen molar-refractivity contribution < 1.29 is 38.0 Å². The smallest absolute Gasteiger partial charge is 0.394 e. The van der Waals surface area contributed by atoms with Crippen LogP contribution >= 0.6 is 7.75 Å². The molecular formula is C25H38N11O9P. The highest BCUT2D eigenvalue weighted by Crippen LogP contribution is 2.49. The number of anilines is 3. The third kappa shape index (κ3) is 7.15. The predicted octanol–water partition coefficient (Wildman–Crippen LogP) is -1.81. The van der Waals surface area contributed by atoms with E-state index in [0.29, 0.717) is 30.9 Å². The molecule has 46 heavy (non-hydrogen) atoms. The van der Waals surface area contributed by atoms with Crippen LogP contribution in [0.3, 0.4) is 0 Å². The van der Waals surface area contributed by atoms with Crippen LogP contribution in [0, 0.1) is 0 Å². The zero-order valence-electron chi connectivity index (χ0n) is 24.8. The van der Waals surface area contributed by atoms with Crippen LogP contribution in [0.15, 0.2) is 23.4 Å². The summed E-state index contributed by atoms with van der Waals surface area (Å²) in [7, 11) is -4.12. The van der Waals surface area contributed by atoms with Crippen LogP contribution in [-0.2, 0) is 27.8 Å². The second-order valence-electron chi connectivity index (χ2n) is 11.1. The first-order chi connectivity index (χ1) is 22.1. The Labute approximate surface area is 262 Å². The second-order valence-corrected chi connectivity index (χ2v) is 12.9. The first kappa shape index (κ1) is 32.6. The molecule has 3 aliphatic rings. The summed E-state index contributed by atoms with van der Waals surface area (Å²) in [6.45, 7) is 2.61. The van der Waals surface area contributed by atoms with Crippen molar-refractivity contribution in [1.29, 1.82) is 0 Å². The second kappa shape index (κ2) is 13.8. The molecule has 0 amide bonds. The summed E-state index contributed by atoms with van der Waals surface area (Å²) >= 11 is 0. The van der Waals surface area contributed by atoms with E-state index in [9.17, 15) is 19.6 Å². The van der Waals surface area contributed by atoms with Crippen molar-refractivity contribution >= 4 is 36.5 Å². The minimum Gasteiger partial charge on any atom is -0.394 e. The van der Waals surface area contributed by atoms with Gasteiger partial charge in [0, 0.05) is 45.2 Å². The molecule has 3 fully saturated rings. The molecule has 3 saturated heterocycles. The number of nitrogens with zero attached hydrogens (tertiary/aromatic N) is 7. The summed E-state index contributed by atoms with van der Waals surface area (Å²) in [5.41, 5.74) is 17.3. The Kier molecular flexibility index (Phi) is 9.80. The molecule has 20 nitrogen and oxygen atoms in total. The summed E-state index contributed by atoms with van der Waals surface area (Å²) < 4.78 is 46.2. The van der Waals surface area contributed by atoms with E-state index in [1.54, 1.807) is 4.57 Å². The lowest BCUT2D eigenvalue weighted by Gasteiger charge is -2.29. The summed E-state index contributed by atoms with van der Waals surface area (Å²) in [5.74, 6) is 0.121. The van der Waals surface area contributed by atoms with E-state index in [1.807, 2.05) is 0 Å². The van der Waals surface area contributed by atoms with Gasteiger partial charge >= 0.3 is 13.4 Å². The fraction of sp³-hybridized carbons (Fsp3) is 0.640. The van der Waals surface area contributed by atoms with Crippen molar-refractivity contribution in [1.82, 2.24) is 39.1 Å². The predicted molar refractivity (Wildman–Crippen MR) is 161 cm³/mol. The molecule has 0 bridgehead atoms. The summed E-state index contributed by atoms with van der Waals surface area (Å²) in [5, 5.41) is 23.8. The highest BCUT2D eigenvalue weighted by Gasteiger charge is 2.44. The molecule has 3 aromatic heterocycles. The molecule has 0 radical (unpaired) electrons. The van der Waals surface area contributed by atoms with Crippen LogP contribution in [-0.4, -0.2) is 121 Å². The molecule has 3 aromatic rings. The van der Waals surface area contributed by atoms with Crippen molar-refractivity contribution in [2.24, 2.45) is 0 Å². The van der Waals surface area contributed by atoms with Gasteiger partial charge in [0.15, 0.2) is 11.5 Å². The molecule has 9 N–H and O–H groups in total. The average molecular weight is 668 g/mol. The molecule has 0 aliphatic carbocycles. The Hall–Kier alpha value is -3.30. The van der Waals surface area contributed by atoms with Crippen LogP contribution in [0.1, 0.15) is 25.3 Å². The quantitative estimate of drug-likeness (QED) is 0.116. The van der Waals surface area contributed by atoms with E-state index in [2.05, 4.69) is 29.9 Å². The zero-order valence-corrected chi connectivity index (χ0v) is 25.7. The number of fused-ring (bicyclic) bond motifs is 1. The lowest BCUT2D eigenvalue weighted by Crippen LogP contribution is -2.40. The SMILES string of the molecule is Nc1ccn([C@H]2C[C@@H](OP(=O)(NCCN3CCOCC3)OC[C@H]3O[C@@H](n4cnc5c(N)nc(N)nc54)C[C@H]3O)[C@@H](CO)O2)c(=O)n1. The number of hydrogen-bond acceptors (Lipinski definition) is 17. The Bertz CT molecular complexity index is 1620. The molecule has 21 heteroatoms. The number of nitrogens with two attached hydrogens (primary N) is 3. The number of nitrogens with one attached hydrogen (secondary N) is 1. The van der Waals surface area contributed by atoms with Gasteiger partial charge in [0.25, 0.3) is 0 Å². The van der Waals surface area contributed by atoms with E-state index in [1.165, 1.54) is 23.2 Å². The van der Waals surface area contributed by atoms with Crippen molar-refractivity contribution in [2.45, 2.75) is 49.7 Å². The Morgan fingerprint density at radius 3 is 2.59 bits per heavy atom. The fourth-order valence-electron chi connectivity index (χ4n) is 5.63. The molecule has 0 spiro atoms. The first-order valence-corrected chi connectivity index (χ1v) is 16.3. The highest BCUT2D eigenvalue weighted by atomic mass is 31.2. The standard InChI is InChI=1S/C25H38N11O9P/c26-18-1-3-35(25(39)31-18)20-10-15(16(11-37)43-20)45-46(40,30-2-4-34-5-7-41-8-6-34)42-12-17-14(38)9-19(44-17)36-13-29-21-22(27)32-24(28)33-23(21)36/h1,3,13-17,19-20,37-38H,2,4-12H2,(H,30,40)(H2,26,31,39)(H4,27,28,32,33)/t14-,15-,16-,17-,19-,20-,46?/m1/s1. The topological polar surface area (TPSA) is 276 Å². The van der Waals surface area contributed by atoms with Crippen molar-refractivity contribution in [3.63, 3.8) is 0 Å². The molecule has 1 unspecified atom stereocenters. The molecule has 0 saturated carbocycles. The molecule has 0 aromatic carbocycles. The van der Waals surface area contributed by atoms with Crippen molar-refractivity contribution in [3.8, 4) is 0 Å². The van der Waals surface area contributed by atoms with Crippen LogP contribution in [0.25, 0.3) is 11.2 Å². The van der Waals surface area contributed by atoms with Gasteiger partial charge in [-0.15, -0.1) is 0 Å². The van der Waals surface area contributed by atoms with E-state index in [0.717, 1.165) is 13.1 Å². The van der Waals surface area contributed by atoms with Gasteiger partial charge in [0.1, 0.15) is 42.1 Å². The van der Waals surface area contributed by atoms with E-state index in [-0.39, 0.29) is 43.6 Å². The normalized spacial score (nSPS) is 28.6. The minimum absolute atomic E-state index is 0.0386. The minimum atomic E-state index is -4.12. The number of ether oxygens (including phenoxy) is 3. The average Bonchev–Trinajstić information content (AvgIpc) is 3.73. The van der Waals surface area contributed by atoms with Gasteiger partial charge in [-0.3, -0.25) is 23.1 Å². The Morgan fingerprint density at radius 2 is 1.83 bits per heavy atom. The van der Waals surface area contributed by atoms with Gasteiger partial charge in [0.2, 0.25) is 5.95 Å². The summed E-state index contributed by atoms with van der Waals surface area (Å²) in [6.07, 6.45) is -2.24. The molecular weight excluding hydrogens is 629 g/mol. The third-order valence-electron chi connectivity index (χ3n) is 8.02. The largest absolute Gasteiger partial charge is 0.406 e. The number of rotatable bonds is 12. The van der Waals surface area contributed by atoms with E-state index >= 15 is 0 Å². The van der Waals surface area contributed by atoms with Crippen LogP contribution in [0.4, 0.5) is 17.6 Å². The van der Waals surface area contributed by atoms with Gasteiger partial charge < -0.3 is 41.6 Å². The van der Waals surface area contributed by atoms with Gasteiger partial charge in [0.05, 0.1) is 38.9 Å². The third-order valence-corrected chi connectivity index (χ3v) is 9.67. The van der Waals surface area contributed by atoms with E-state index < -0.39 is 56.9 Å². The summed E-state index contributed by atoms with van der Waals surface area (Å²) in [4.78, 5) is 30.6. The maximum Gasteiger partial charge on any atom is 0.406 e. The highest BCUT2D eigenvalue weighted by molar-refractivity contribution is 7.51. The Morgan fingerprint density at radius 1 is 1.07 bits per heavy atom. The fourth-order valence-corrected chi connectivity index (χ4v) is 7.15. The van der Waals surface area contributed by atoms with Crippen molar-refractivity contribution in [2.75, 3.05) is 69.8 Å². The lowest BCUT2D eigenvalue weighted by molar-refractivity contribution is -0.0521. The number of aromatic nitrogens is 6. The number of morpholine rings is 1. The monoisotopic (exact) mass is 667 g/mol. The molecule has 7 atom stereocenters. The number of aliphatic hydroxyl groups excluding tert-OH is 2. The van der Waals surface area contributed by atoms with Gasteiger partial charge in [-0.1, -0.05) is 0 Å². The number of aliphatic hydroxyl groups is 2. The Balaban J connectivity index is 1.15. The van der Waals surface area contributed by atoms with Crippen LogP contribution in [0.5, 0.6) is 0 Å². The molecule has 6 heterocycles.